The molecule has 1 atom stereocenters. The Morgan fingerprint density at radius 1 is 1.20 bits per heavy atom. The normalized spacial score (nSPS) is 15.8. The Hall–Kier alpha value is -3.68. The first kappa shape index (κ1) is 18.4. The molecule has 150 valence electrons. The zero-order valence-corrected chi connectivity index (χ0v) is 16.0. The van der Waals surface area contributed by atoms with Crippen molar-refractivity contribution in [3.8, 4) is 0 Å². The summed E-state index contributed by atoms with van der Waals surface area (Å²) < 4.78 is 16.5. The molecule has 5 rings (SSSR count). The number of carbonyl (C=O) groups excluding carboxylic acids is 1. The van der Waals surface area contributed by atoms with Gasteiger partial charge < -0.3 is 4.57 Å². The number of benzene rings is 2. The van der Waals surface area contributed by atoms with E-state index in [1.807, 2.05) is 16.7 Å². The first-order chi connectivity index (χ1) is 14.6. The maximum Gasteiger partial charge on any atom is 0.272 e. The van der Waals surface area contributed by atoms with Crippen LogP contribution in [-0.4, -0.2) is 30.7 Å². The minimum Gasteiger partial charge on any atom is -0.318 e. The quantitative estimate of drug-likeness (QED) is 0.529. The third kappa shape index (κ3) is 3.20. The molecule has 1 N–H and O–H groups in total. The van der Waals surface area contributed by atoms with E-state index in [0.29, 0.717) is 36.9 Å². The van der Waals surface area contributed by atoms with E-state index in [0.717, 1.165) is 16.8 Å². The molecular weight excluding hydrogens is 385 g/mol. The van der Waals surface area contributed by atoms with Crippen LogP contribution in [0.3, 0.4) is 0 Å². The van der Waals surface area contributed by atoms with Crippen molar-refractivity contribution < 1.29 is 9.18 Å². The van der Waals surface area contributed by atoms with E-state index in [-0.39, 0.29) is 22.8 Å². The molecule has 0 spiro atoms. The van der Waals surface area contributed by atoms with Crippen molar-refractivity contribution in [3.05, 3.63) is 87.6 Å². The molecule has 1 aliphatic rings. The van der Waals surface area contributed by atoms with Gasteiger partial charge in [-0.05, 0) is 30.2 Å². The number of ketones is 1. The predicted molar refractivity (Wildman–Crippen MR) is 108 cm³/mol. The first-order valence-electron chi connectivity index (χ1n) is 9.76. The fraction of sp³-hybridized carbons (Fsp3) is 0.227. The van der Waals surface area contributed by atoms with Crippen LogP contribution >= 0.6 is 0 Å². The number of rotatable bonds is 4. The van der Waals surface area contributed by atoms with Gasteiger partial charge in [0.25, 0.3) is 5.56 Å². The van der Waals surface area contributed by atoms with Crippen molar-refractivity contribution in [2.45, 2.75) is 25.8 Å². The molecule has 0 saturated heterocycles. The Balaban J connectivity index is 1.45. The van der Waals surface area contributed by atoms with Crippen molar-refractivity contribution >= 4 is 16.6 Å². The number of nitrogens with zero attached hydrogens (tertiary/aromatic N) is 4. The van der Waals surface area contributed by atoms with Crippen LogP contribution in [0.2, 0.25) is 0 Å². The number of aromatic nitrogens is 5. The summed E-state index contributed by atoms with van der Waals surface area (Å²) in [6, 6.07) is 11.8. The minimum atomic E-state index is -0.532. The largest absolute Gasteiger partial charge is 0.318 e. The second kappa shape index (κ2) is 7.29. The van der Waals surface area contributed by atoms with Gasteiger partial charge in [0.1, 0.15) is 18.0 Å². The SMILES string of the molecule is O=C(c1cc(Cc2n[nH]c(=O)c3ccccc23)ccc1F)C1CCn2cnnc2C1. The molecule has 0 saturated carbocycles. The first-order valence-corrected chi connectivity index (χ1v) is 9.76. The van der Waals surface area contributed by atoms with Crippen molar-refractivity contribution in [1.29, 1.82) is 0 Å². The lowest BCUT2D eigenvalue weighted by Crippen LogP contribution is -2.26. The summed E-state index contributed by atoms with van der Waals surface area (Å²) in [7, 11) is 0. The fourth-order valence-corrected chi connectivity index (χ4v) is 4.06. The highest BCUT2D eigenvalue weighted by Crippen LogP contribution is 2.25. The van der Waals surface area contributed by atoms with E-state index in [1.165, 1.54) is 6.07 Å². The van der Waals surface area contributed by atoms with Crippen LogP contribution < -0.4 is 5.56 Å². The molecular formula is C22H18FN5O2. The van der Waals surface area contributed by atoms with Crippen LogP contribution in [0.25, 0.3) is 10.8 Å². The van der Waals surface area contributed by atoms with Gasteiger partial charge in [0.15, 0.2) is 5.78 Å². The number of aryl methyl sites for hydroxylation is 1. The summed E-state index contributed by atoms with van der Waals surface area (Å²) in [5, 5.41) is 15.9. The second-order valence-electron chi connectivity index (χ2n) is 7.53. The molecule has 4 aromatic rings. The topological polar surface area (TPSA) is 93.5 Å². The summed E-state index contributed by atoms with van der Waals surface area (Å²) >= 11 is 0. The van der Waals surface area contributed by atoms with Crippen molar-refractivity contribution in [2.75, 3.05) is 0 Å². The summed E-state index contributed by atoms with van der Waals surface area (Å²) in [6.07, 6.45) is 3.10. The lowest BCUT2D eigenvalue weighted by Gasteiger charge is -2.21. The van der Waals surface area contributed by atoms with Crippen LogP contribution in [0.15, 0.2) is 53.6 Å². The third-order valence-electron chi connectivity index (χ3n) is 5.66. The number of carbonyl (C=O) groups is 1. The van der Waals surface area contributed by atoms with Gasteiger partial charge in [-0.1, -0.05) is 24.3 Å². The number of Topliss-reactive ketones (excluding diaryl/α,β-unsaturated/α-hetero) is 1. The van der Waals surface area contributed by atoms with Crippen LogP contribution in [0, 0.1) is 11.7 Å². The van der Waals surface area contributed by atoms with Gasteiger partial charge in [-0.2, -0.15) is 5.10 Å². The number of nitrogens with one attached hydrogen (secondary N) is 1. The molecule has 3 heterocycles. The molecule has 30 heavy (non-hydrogen) atoms. The number of hydrogen-bond acceptors (Lipinski definition) is 5. The van der Waals surface area contributed by atoms with Crippen LogP contribution in [0.1, 0.15) is 33.9 Å². The zero-order valence-electron chi connectivity index (χ0n) is 16.0. The van der Waals surface area contributed by atoms with Crippen LogP contribution in [0.4, 0.5) is 4.39 Å². The lowest BCUT2D eigenvalue weighted by atomic mass is 9.88. The third-order valence-corrected chi connectivity index (χ3v) is 5.66. The molecule has 2 aromatic heterocycles. The number of halogens is 1. The van der Waals surface area contributed by atoms with E-state index >= 15 is 0 Å². The van der Waals surface area contributed by atoms with Crippen molar-refractivity contribution in [3.63, 3.8) is 0 Å². The van der Waals surface area contributed by atoms with Gasteiger partial charge in [0.05, 0.1) is 16.6 Å². The maximum atomic E-state index is 14.5. The van der Waals surface area contributed by atoms with E-state index in [2.05, 4.69) is 20.4 Å². The number of hydrogen-bond donors (Lipinski definition) is 1. The highest BCUT2D eigenvalue weighted by molar-refractivity contribution is 5.98. The van der Waals surface area contributed by atoms with Crippen LogP contribution in [-0.2, 0) is 19.4 Å². The highest BCUT2D eigenvalue weighted by Gasteiger charge is 2.28. The Morgan fingerprint density at radius 2 is 2.03 bits per heavy atom. The molecule has 0 amide bonds. The molecule has 7 nitrogen and oxygen atoms in total. The van der Waals surface area contributed by atoms with E-state index in [1.54, 1.807) is 30.6 Å². The number of fused-ring (bicyclic) bond motifs is 2. The zero-order chi connectivity index (χ0) is 20.7. The highest BCUT2D eigenvalue weighted by atomic mass is 19.1. The van der Waals surface area contributed by atoms with E-state index in [9.17, 15) is 14.0 Å². The Kier molecular flexibility index (Phi) is 4.46. The standard InChI is InChI=1S/C22H18FN5O2/c23-18-6-5-13(10-19-15-3-1-2-4-16(15)22(30)27-25-19)9-17(18)21(29)14-7-8-28-12-24-26-20(28)11-14/h1-6,9,12,14H,7-8,10-11H2,(H,27,30). The average Bonchev–Trinajstić information content (AvgIpc) is 3.24. The molecule has 2 aromatic carbocycles. The van der Waals surface area contributed by atoms with Gasteiger partial charge in [-0.15, -0.1) is 10.2 Å². The molecule has 0 fully saturated rings. The van der Waals surface area contributed by atoms with Gasteiger partial charge >= 0.3 is 0 Å². The monoisotopic (exact) mass is 403 g/mol. The van der Waals surface area contributed by atoms with E-state index in [4.69, 9.17) is 0 Å². The second-order valence-corrected chi connectivity index (χ2v) is 7.53. The summed E-state index contributed by atoms with van der Waals surface area (Å²) in [4.78, 5) is 25.0. The smallest absolute Gasteiger partial charge is 0.272 e. The van der Waals surface area contributed by atoms with Gasteiger partial charge in [0, 0.05) is 30.7 Å². The molecule has 8 heteroatoms. The minimum absolute atomic E-state index is 0.0826. The lowest BCUT2D eigenvalue weighted by molar-refractivity contribution is 0.0893. The predicted octanol–water partition coefficient (Wildman–Crippen LogP) is 2.69. The molecule has 0 radical (unpaired) electrons. The van der Waals surface area contributed by atoms with Crippen LogP contribution in [0.5, 0.6) is 0 Å². The van der Waals surface area contributed by atoms with E-state index < -0.39 is 5.82 Å². The molecule has 1 unspecified atom stereocenters. The summed E-state index contributed by atoms with van der Waals surface area (Å²) in [6.45, 7) is 0.646. The van der Waals surface area contributed by atoms with Gasteiger partial charge in [0.2, 0.25) is 0 Å². The molecule has 1 aliphatic heterocycles. The maximum absolute atomic E-state index is 14.5. The van der Waals surface area contributed by atoms with Gasteiger partial charge in [-0.3, -0.25) is 9.59 Å². The summed E-state index contributed by atoms with van der Waals surface area (Å²) in [5.41, 5.74) is 1.25. The van der Waals surface area contributed by atoms with Gasteiger partial charge in [-0.25, -0.2) is 9.49 Å². The van der Waals surface area contributed by atoms with Crippen molar-refractivity contribution in [2.24, 2.45) is 5.92 Å². The molecule has 0 aliphatic carbocycles. The Labute approximate surface area is 170 Å². The molecule has 0 bridgehead atoms. The Morgan fingerprint density at radius 3 is 2.90 bits per heavy atom. The number of aromatic amines is 1. The number of H-pyrrole nitrogens is 1. The average molecular weight is 403 g/mol. The Bertz CT molecular complexity index is 1330. The van der Waals surface area contributed by atoms with Crippen molar-refractivity contribution in [1.82, 2.24) is 25.0 Å². The summed E-state index contributed by atoms with van der Waals surface area (Å²) in [5.74, 6) is -0.323. The fourth-order valence-electron chi connectivity index (χ4n) is 4.06.